The van der Waals surface area contributed by atoms with E-state index >= 15 is 0 Å². The van der Waals surface area contributed by atoms with E-state index in [4.69, 9.17) is 0 Å². The molecule has 2 heterocycles. The van der Waals surface area contributed by atoms with Gasteiger partial charge < -0.3 is 10.2 Å². The minimum absolute atomic E-state index is 0.0358. The van der Waals surface area contributed by atoms with Crippen molar-refractivity contribution in [1.82, 2.24) is 20.4 Å². The van der Waals surface area contributed by atoms with E-state index in [1.165, 1.54) is 25.3 Å². The average molecular weight is 438 g/mol. The molecule has 2 N–H and O–H groups in total. The number of hydrogen-bond donors (Lipinski definition) is 2. The Morgan fingerprint density at radius 2 is 1.68 bits per heavy atom. The fourth-order valence-electron chi connectivity index (χ4n) is 7.03. The van der Waals surface area contributed by atoms with E-state index in [9.17, 15) is 22.8 Å². The Morgan fingerprint density at radius 3 is 2.23 bits per heavy atom. The van der Waals surface area contributed by atoms with Crippen LogP contribution in [0.15, 0.2) is 6.07 Å². The molecule has 1 aromatic heterocycles. The second kappa shape index (κ2) is 7.52. The van der Waals surface area contributed by atoms with Crippen molar-refractivity contribution >= 4 is 11.8 Å². The van der Waals surface area contributed by atoms with E-state index in [-0.39, 0.29) is 17.0 Å². The quantitative estimate of drug-likeness (QED) is 0.754. The van der Waals surface area contributed by atoms with Gasteiger partial charge in [0, 0.05) is 24.7 Å². The van der Waals surface area contributed by atoms with Crippen LogP contribution < -0.4 is 5.32 Å². The van der Waals surface area contributed by atoms with Crippen LogP contribution >= 0.6 is 0 Å². The van der Waals surface area contributed by atoms with Crippen molar-refractivity contribution in [3.05, 3.63) is 17.5 Å². The lowest BCUT2D eigenvalue weighted by atomic mass is 9.49. The normalized spacial score (nSPS) is 33.0. The molecule has 31 heavy (non-hydrogen) atoms. The summed E-state index contributed by atoms with van der Waals surface area (Å²) in [6.45, 7) is -0.0153. The number of H-pyrrole nitrogens is 1. The molecule has 9 heteroatoms. The Labute approximate surface area is 179 Å². The van der Waals surface area contributed by atoms with E-state index in [2.05, 4.69) is 10.2 Å². The summed E-state index contributed by atoms with van der Waals surface area (Å²) < 4.78 is 36.9. The number of alkyl halides is 3. The standard InChI is InChI=1S/C22H29F3N4O2/c23-22(24,25)12-26-19(30)18-8-17(27-28-18)16-1-3-29(4-2-16)20(31)21-9-13-5-14(10-21)7-15(6-13)11-21/h8,13-16H,1-7,9-12H2,(H,26,30)(H,27,28). The Balaban J connectivity index is 1.17. The number of hydrogen-bond acceptors (Lipinski definition) is 3. The maximum Gasteiger partial charge on any atom is 0.405 e. The van der Waals surface area contributed by atoms with Crippen LogP contribution in [0.25, 0.3) is 0 Å². The van der Waals surface area contributed by atoms with Crippen molar-refractivity contribution in [2.24, 2.45) is 23.2 Å². The molecule has 6 nitrogen and oxygen atoms in total. The first-order valence-corrected chi connectivity index (χ1v) is 11.4. The number of nitrogens with zero attached hydrogens (tertiary/aromatic N) is 2. The first-order valence-electron chi connectivity index (χ1n) is 11.4. The van der Waals surface area contributed by atoms with E-state index in [0.717, 1.165) is 55.6 Å². The summed E-state index contributed by atoms with van der Waals surface area (Å²) in [4.78, 5) is 27.4. The molecule has 170 valence electrons. The molecule has 5 fully saturated rings. The Kier molecular flexibility index (Phi) is 5.05. The number of carbonyl (C=O) groups excluding carboxylic acids is 2. The molecule has 5 aliphatic rings. The van der Waals surface area contributed by atoms with Gasteiger partial charge in [-0.15, -0.1) is 0 Å². The monoisotopic (exact) mass is 438 g/mol. The molecule has 1 aromatic rings. The van der Waals surface area contributed by atoms with Crippen molar-refractivity contribution in [2.75, 3.05) is 19.6 Å². The van der Waals surface area contributed by atoms with Crippen LogP contribution in [0, 0.1) is 23.2 Å². The fourth-order valence-corrected chi connectivity index (χ4v) is 7.03. The highest BCUT2D eigenvalue weighted by molar-refractivity contribution is 5.92. The van der Waals surface area contributed by atoms with Gasteiger partial charge in [-0.3, -0.25) is 14.7 Å². The number of piperidine rings is 1. The molecule has 2 amide bonds. The number of amides is 2. The topological polar surface area (TPSA) is 78.1 Å². The lowest BCUT2D eigenvalue weighted by molar-refractivity contribution is -0.158. The third-order valence-electron chi connectivity index (χ3n) is 7.99. The highest BCUT2D eigenvalue weighted by Crippen LogP contribution is 2.60. The zero-order valence-corrected chi connectivity index (χ0v) is 17.5. The number of halogens is 3. The molecule has 0 aromatic carbocycles. The van der Waals surface area contributed by atoms with Gasteiger partial charge in [0.15, 0.2) is 0 Å². The van der Waals surface area contributed by atoms with E-state index in [1.807, 2.05) is 10.2 Å². The SMILES string of the molecule is O=C(NCC(F)(F)F)c1cc(C2CCN(C(=O)C34CC5CC(CC(C5)C3)C4)CC2)[nH]n1. The van der Waals surface area contributed by atoms with Crippen molar-refractivity contribution in [1.29, 1.82) is 0 Å². The molecule has 0 radical (unpaired) electrons. The highest BCUT2D eigenvalue weighted by Gasteiger charge is 2.55. The lowest BCUT2D eigenvalue weighted by Gasteiger charge is -2.57. The van der Waals surface area contributed by atoms with Gasteiger partial charge >= 0.3 is 6.18 Å². The van der Waals surface area contributed by atoms with Crippen molar-refractivity contribution in [3.63, 3.8) is 0 Å². The smallest absolute Gasteiger partial charge is 0.342 e. The summed E-state index contributed by atoms with van der Waals surface area (Å²) in [5.74, 6) is 1.84. The summed E-state index contributed by atoms with van der Waals surface area (Å²) in [6.07, 6.45) is 4.21. The molecule has 0 spiro atoms. The van der Waals surface area contributed by atoms with Crippen molar-refractivity contribution < 1.29 is 22.8 Å². The highest BCUT2D eigenvalue weighted by atomic mass is 19.4. The van der Waals surface area contributed by atoms with Gasteiger partial charge in [-0.25, -0.2) is 0 Å². The second-order valence-electron chi connectivity index (χ2n) is 10.3. The van der Waals surface area contributed by atoms with E-state index < -0.39 is 18.6 Å². The van der Waals surface area contributed by atoms with E-state index in [1.54, 1.807) is 0 Å². The summed E-state index contributed by atoms with van der Waals surface area (Å²) >= 11 is 0. The Hall–Kier alpha value is -2.06. The second-order valence-corrected chi connectivity index (χ2v) is 10.3. The molecule has 1 aliphatic heterocycles. The summed E-state index contributed by atoms with van der Waals surface area (Å²) in [5, 5.41) is 8.54. The van der Waals surface area contributed by atoms with Gasteiger partial charge in [0.2, 0.25) is 5.91 Å². The lowest BCUT2D eigenvalue weighted by Crippen LogP contribution is -2.55. The molecule has 6 rings (SSSR count). The number of likely N-dealkylation sites (tertiary alicyclic amines) is 1. The van der Waals surface area contributed by atoms with Crippen LogP contribution in [0.1, 0.15) is 73.5 Å². The largest absolute Gasteiger partial charge is 0.405 e. The molecule has 0 unspecified atom stereocenters. The van der Waals surface area contributed by atoms with Crippen LogP contribution in [0.3, 0.4) is 0 Å². The number of rotatable bonds is 4. The van der Waals surface area contributed by atoms with Gasteiger partial charge in [-0.2, -0.15) is 18.3 Å². The number of aromatic nitrogens is 2. The molecule has 1 saturated heterocycles. The van der Waals surface area contributed by atoms with Crippen molar-refractivity contribution in [2.45, 2.75) is 63.5 Å². The predicted octanol–water partition coefficient (Wildman–Crippen LogP) is 3.62. The minimum atomic E-state index is -4.45. The Morgan fingerprint density at radius 1 is 1.10 bits per heavy atom. The first kappa shape index (κ1) is 20.8. The fraction of sp³-hybridized carbons (Fsp3) is 0.773. The number of aromatic amines is 1. The zero-order valence-electron chi connectivity index (χ0n) is 17.5. The number of carbonyl (C=O) groups is 2. The molecule has 0 atom stereocenters. The summed E-state index contributed by atoms with van der Waals surface area (Å²) in [6, 6.07) is 1.53. The van der Waals surface area contributed by atoms with Gasteiger partial charge in [0.1, 0.15) is 12.2 Å². The van der Waals surface area contributed by atoms with Crippen LogP contribution in [-0.4, -0.2) is 52.7 Å². The zero-order chi connectivity index (χ0) is 21.8. The van der Waals surface area contributed by atoms with Crippen LogP contribution in [0.5, 0.6) is 0 Å². The van der Waals surface area contributed by atoms with Crippen LogP contribution in [-0.2, 0) is 4.79 Å². The molecule has 4 saturated carbocycles. The molecule has 4 bridgehead atoms. The van der Waals surface area contributed by atoms with Gasteiger partial charge in [0.25, 0.3) is 5.91 Å². The summed E-state index contributed by atoms with van der Waals surface area (Å²) in [7, 11) is 0. The van der Waals surface area contributed by atoms with Gasteiger partial charge in [0.05, 0.1) is 5.41 Å². The van der Waals surface area contributed by atoms with E-state index in [0.29, 0.717) is 19.0 Å². The van der Waals surface area contributed by atoms with Gasteiger partial charge in [-0.05, 0) is 75.2 Å². The third-order valence-corrected chi connectivity index (χ3v) is 7.99. The van der Waals surface area contributed by atoms with Crippen LogP contribution in [0.2, 0.25) is 0 Å². The average Bonchev–Trinajstić information content (AvgIpc) is 3.20. The third kappa shape index (κ3) is 4.07. The predicted molar refractivity (Wildman–Crippen MR) is 106 cm³/mol. The van der Waals surface area contributed by atoms with Crippen molar-refractivity contribution in [3.8, 4) is 0 Å². The molecular formula is C22H29F3N4O2. The molecule has 4 aliphatic carbocycles. The van der Waals surface area contributed by atoms with Crippen LogP contribution in [0.4, 0.5) is 13.2 Å². The maximum absolute atomic E-state index is 13.5. The number of nitrogens with one attached hydrogen (secondary N) is 2. The molecular weight excluding hydrogens is 409 g/mol. The maximum atomic E-state index is 13.5. The summed E-state index contributed by atoms with van der Waals surface area (Å²) in [5.41, 5.74) is 0.588. The van der Waals surface area contributed by atoms with Gasteiger partial charge in [-0.1, -0.05) is 0 Å². The first-order chi connectivity index (χ1) is 14.7. The minimum Gasteiger partial charge on any atom is -0.342 e. The Bertz CT molecular complexity index is 822.